The van der Waals surface area contributed by atoms with Gasteiger partial charge in [-0.1, -0.05) is 18.6 Å². The number of rotatable bonds is 3. The molecule has 3 N–H and O–H groups in total. The molecule has 1 aliphatic heterocycles. The first-order valence-corrected chi connectivity index (χ1v) is 7.89. The van der Waals surface area contributed by atoms with Crippen molar-refractivity contribution in [2.45, 2.75) is 58.1 Å². The zero-order valence-corrected chi connectivity index (χ0v) is 13.6. The minimum Gasteiger partial charge on any atom is -0.506 e. The van der Waals surface area contributed by atoms with Crippen molar-refractivity contribution in [1.29, 1.82) is 0 Å². The number of phenols is 1. The lowest BCUT2D eigenvalue weighted by molar-refractivity contribution is 0.0635. The number of benzene rings is 1. The van der Waals surface area contributed by atoms with Crippen LogP contribution in [0.5, 0.6) is 5.75 Å². The van der Waals surface area contributed by atoms with Crippen LogP contribution in [0, 0.1) is 0 Å². The SMILES string of the molecule is CC(C)(C)OC(=O)Nc1c(O)cccc1CC1CCCCN1. The first-order chi connectivity index (χ1) is 10.3. The van der Waals surface area contributed by atoms with Gasteiger partial charge in [0, 0.05) is 6.04 Å². The first-order valence-electron chi connectivity index (χ1n) is 7.89. The molecule has 1 unspecified atom stereocenters. The average molecular weight is 306 g/mol. The molecule has 22 heavy (non-hydrogen) atoms. The molecule has 1 aromatic carbocycles. The van der Waals surface area contributed by atoms with Crippen molar-refractivity contribution in [1.82, 2.24) is 5.32 Å². The van der Waals surface area contributed by atoms with E-state index in [4.69, 9.17) is 4.74 Å². The van der Waals surface area contributed by atoms with Crippen molar-refractivity contribution in [3.05, 3.63) is 23.8 Å². The standard InChI is InChI=1S/C17H26N2O3/c1-17(2,3)22-16(21)19-15-12(7-6-9-14(15)20)11-13-8-4-5-10-18-13/h6-7,9,13,18,20H,4-5,8,10-11H2,1-3H3,(H,19,21). The lowest BCUT2D eigenvalue weighted by atomic mass is 9.96. The van der Waals surface area contributed by atoms with Gasteiger partial charge in [0.2, 0.25) is 0 Å². The molecule has 5 nitrogen and oxygen atoms in total. The lowest BCUT2D eigenvalue weighted by Gasteiger charge is -2.25. The summed E-state index contributed by atoms with van der Waals surface area (Å²) in [7, 11) is 0. The van der Waals surface area contributed by atoms with Crippen LogP contribution in [0.25, 0.3) is 0 Å². The third-order valence-corrected chi connectivity index (χ3v) is 3.63. The minimum absolute atomic E-state index is 0.0687. The molecule has 0 saturated carbocycles. The molecule has 0 bridgehead atoms. The molecule has 1 aliphatic rings. The van der Waals surface area contributed by atoms with E-state index >= 15 is 0 Å². The van der Waals surface area contributed by atoms with E-state index in [0.717, 1.165) is 24.9 Å². The molecule has 1 heterocycles. The Bertz CT molecular complexity index is 517. The van der Waals surface area contributed by atoms with Crippen LogP contribution in [-0.2, 0) is 11.2 Å². The van der Waals surface area contributed by atoms with Crippen LogP contribution in [0.1, 0.15) is 45.6 Å². The number of carbonyl (C=O) groups is 1. The Balaban J connectivity index is 2.10. The molecule has 1 amide bonds. The quantitative estimate of drug-likeness (QED) is 0.748. The fourth-order valence-electron chi connectivity index (χ4n) is 2.67. The summed E-state index contributed by atoms with van der Waals surface area (Å²) in [6.07, 6.45) is 3.76. The van der Waals surface area contributed by atoms with Crippen LogP contribution < -0.4 is 10.6 Å². The Morgan fingerprint density at radius 1 is 1.41 bits per heavy atom. The van der Waals surface area contributed by atoms with E-state index in [1.54, 1.807) is 12.1 Å². The Morgan fingerprint density at radius 2 is 2.18 bits per heavy atom. The minimum atomic E-state index is -0.570. The average Bonchev–Trinajstić information content (AvgIpc) is 2.42. The van der Waals surface area contributed by atoms with E-state index in [1.165, 1.54) is 12.8 Å². The second-order valence-corrected chi connectivity index (χ2v) is 6.79. The molecule has 0 radical (unpaired) electrons. The summed E-state index contributed by atoms with van der Waals surface area (Å²) in [5, 5.41) is 16.2. The maximum absolute atomic E-state index is 12.0. The zero-order valence-electron chi connectivity index (χ0n) is 13.6. The highest BCUT2D eigenvalue weighted by Gasteiger charge is 2.20. The summed E-state index contributed by atoms with van der Waals surface area (Å²) >= 11 is 0. The number of hydrogen-bond donors (Lipinski definition) is 3. The van der Waals surface area contributed by atoms with Crippen molar-refractivity contribution in [3.8, 4) is 5.75 Å². The van der Waals surface area contributed by atoms with E-state index in [2.05, 4.69) is 10.6 Å². The van der Waals surface area contributed by atoms with Gasteiger partial charge in [-0.05, 0) is 58.2 Å². The van der Waals surface area contributed by atoms with Gasteiger partial charge >= 0.3 is 6.09 Å². The second-order valence-electron chi connectivity index (χ2n) is 6.79. The largest absolute Gasteiger partial charge is 0.506 e. The van der Waals surface area contributed by atoms with Crippen molar-refractivity contribution >= 4 is 11.8 Å². The van der Waals surface area contributed by atoms with Gasteiger partial charge in [0.05, 0.1) is 5.69 Å². The van der Waals surface area contributed by atoms with E-state index in [9.17, 15) is 9.90 Å². The Morgan fingerprint density at radius 3 is 2.82 bits per heavy atom. The molecular weight excluding hydrogens is 280 g/mol. The van der Waals surface area contributed by atoms with Gasteiger partial charge < -0.3 is 15.2 Å². The number of anilines is 1. The smallest absolute Gasteiger partial charge is 0.412 e. The third-order valence-electron chi connectivity index (χ3n) is 3.63. The van der Waals surface area contributed by atoms with E-state index < -0.39 is 11.7 Å². The molecule has 1 saturated heterocycles. The van der Waals surface area contributed by atoms with E-state index in [-0.39, 0.29) is 5.75 Å². The maximum Gasteiger partial charge on any atom is 0.412 e. The predicted octanol–water partition coefficient (Wildman–Crippen LogP) is 3.42. The van der Waals surface area contributed by atoms with Crippen LogP contribution in [0.15, 0.2) is 18.2 Å². The summed E-state index contributed by atoms with van der Waals surface area (Å²) in [5.41, 5.74) is 0.800. The monoisotopic (exact) mass is 306 g/mol. The highest BCUT2D eigenvalue weighted by molar-refractivity contribution is 5.88. The zero-order chi connectivity index (χ0) is 16.2. The molecule has 5 heteroatoms. The molecule has 0 spiro atoms. The number of amides is 1. The maximum atomic E-state index is 12.0. The summed E-state index contributed by atoms with van der Waals surface area (Å²) in [6, 6.07) is 5.69. The summed E-state index contributed by atoms with van der Waals surface area (Å²) in [6.45, 7) is 6.46. The Hall–Kier alpha value is -1.75. The van der Waals surface area contributed by atoms with Gasteiger partial charge in [0.15, 0.2) is 0 Å². The molecule has 1 atom stereocenters. The fourth-order valence-corrected chi connectivity index (χ4v) is 2.67. The molecule has 1 fully saturated rings. The Kier molecular flexibility index (Phi) is 5.29. The number of nitrogens with one attached hydrogen (secondary N) is 2. The van der Waals surface area contributed by atoms with Gasteiger partial charge in [-0.15, -0.1) is 0 Å². The number of ether oxygens (including phenoxy) is 1. The summed E-state index contributed by atoms with van der Waals surface area (Å²) < 4.78 is 5.26. The van der Waals surface area contributed by atoms with Crippen molar-refractivity contribution in [3.63, 3.8) is 0 Å². The van der Waals surface area contributed by atoms with Crippen LogP contribution in [0.2, 0.25) is 0 Å². The van der Waals surface area contributed by atoms with Gasteiger partial charge in [0.1, 0.15) is 11.4 Å². The van der Waals surface area contributed by atoms with Gasteiger partial charge in [-0.3, -0.25) is 5.32 Å². The molecule has 0 aliphatic carbocycles. The number of carbonyl (C=O) groups excluding carboxylic acids is 1. The topological polar surface area (TPSA) is 70.6 Å². The third kappa shape index (κ3) is 4.91. The molecule has 1 aromatic rings. The van der Waals surface area contributed by atoms with E-state index in [1.807, 2.05) is 26.8 Å². The summed E-state index contributed by atoms with van der Waals surface area (Å²) in [5.74, 6) is 0.0687. The van der Waals surface area contributed by atoms with Crippen LogP contribution in [0.3, 0.4) is 0 Å². The number of hydrogen-bond acceptors (Lipinski definition) is 4. The highest BCUT2D eigenvalue weighted by Crippen LogP contribution is 2.29. The highest BCUT2D eigenvalue weighted by atomic mass is 16.6. The first kappa shape index (κ1) is 16.6. The molecule has 0 aromatic heterocycles. The van der Waals surface area contributed by atoms with Crippen LogP contribution in [-0.4, -0.2) is 29.4 Å². The van der Waals surface area contributed by atoms with Crippen molar-refractivity contribution < 1.29 is 14.6 Å². The van der Waals surface area contributed by atoms with Crippen LogP contribution in [0.4, 0.5) is 10.5 Å². The van der Waals surface area contributed by atoms with Gasteiger partial charge in [0.25, 0.3) is 0 Å². The molecular formula is C17H26N2O3. The van der Waals surface area contributed by atoms with Crippen molar-refractivity contribution in [2.75, 3.05) is 11.9 Å². The Labute approximate surface area is 132 Å². The van der Waals surface area contributed by atoms with Gasteiger partial charge in [-0.2, -0.15) is 0 Å². The molecule has 122 valence electrons. The van der Waals surface area contributed by atoms with Crippen molar-refractivity contribution in [2.24, 2.45) is 0 Å². The lowest BCUT2D eigenvalue weighted by Crippen LogP contribution is -2.36. The molecule has 2 rings (SSSR count). The van der Waals surface area contributed by atoms with Crippen LogP contribution >= 0.6 is 0 Å². The predicted molar refractivity (Wildman–Crippen MR) is 87.3 cm³/mol. The number of phenolic OH excluding ortho intramolecular Hbond substituents is 1. The second kappa shape index (κ2) is 7.01. The number of piperidine rings is 1. The van der Waals surface area contributed by atoms with Gasteiger partial charge in [-0.25, -0.2) is 4.79 Å². The number of aromatic hydroxyl groups is 1. The fraction of sp³-hybridized carbons (Fsp3) is 0.588. The normalized spacial score (nSPS) is 18.8. The van der Waals surface area contributed by atoms with E-state index in [0.29, 0.717) is 11.7 Å². The number of para-hydroxylation sites is 1. The summed E-state index contributed by atoms with van der Waals surface area (Å²) in [4.78, 5) is 12.0.